The van der Waals surface area contributed by atoms with Crippen molar-refractivity contribution in [3.8, 4) is 5.75 Å². The van der Waals surface area contributed by atoms with Crippen LogP contribution in [0.15, 0.2) is 23.1 Å². The van der Waals surface area contributed by atoms with Gasteiger partial charge in [0.25, 0.3) is 5.91 Å². The number of benzene rings is 1. The van der Waals surface area contributed by atoms with Crippen molar-refractivity contribution < 1.29 is 22.9 Å². The lowest BCUT2D eigenvalue weighted by Gasteiger charge is -2.35. The van der Waals surface area contributed by atoms with Gasteiger partial charge in [0.1, 0.15) is 0 Å². The van der Waals surface area contributed by atoms with Crippen molar-refractivity contribution in [2.24, 2.45) is 11.8 Å². The van der Waals surface area contributed by atoms with E-state index in [0.717, 1.165) is 25.3 Å². The van der Waals surface area contributed by atoms with Gasteiger partial charge in [0.15, 0.2) is 11.9 Å². The highest BCUT2D eigenvalue weighted by Crippen LogP contribution is 2.32. The largest absolute Gasteiger partial charge is 0.474 e. The number of ether oxygens (including phenoxy) is 1. The first kappa shape index (κ1) is 25.1. The van der Waals surface area contributed by atoms with Crippen LogP contribution in [0, 0.1) is 22.0 Å². The Morgan fingerprint density at radius 1 is 1.29 bits per heavy atom. The number of nitrogens with zero attached hydrogens (tertiary/aromatic N) is 2. The van der Waals surface area contributed by atoms with Gasteiger partial charge >= 0.3 is 5.69 Å². The first-order valence-corrected chi connectivity index (χ1v) is 12.2. The number of sulfonamides is 1. The van der Waals surface area contributed by atoms with Crippen LogP contribution in [0.3, 0.4) is 0 Å². The summed E-state index contributed by atoms with van der Waals surface area (Å²) in [7, 11) is -3.86. The summed E-state index contributed by atoms with van der Waals surface area (Å²) in [5.74, 6) is 0.358. The molecule has 4 atom stereocenters. The number of nitro benzene ring substituents is 1. The van der Waals surface area contributed by atoms with Gasteiger partial charge in [-0.15, -0.1) is 0 Å². The van der Waals surface area contributed by atoms with Crippen molar-refractivity contribution in [3.05, 3.63) is 28.3 Å². The van der Waals surface area contributed by atoms with Crippen LogP contribution in [0.4, 0.5) is 5.69 Å². The minimum absolute atomic E-state index is 0.0406. The molecule has 1 aliphatic carbocycles. The Balaban J connectivity index is 2.20. The fourth-order valence-corrected chi connectivity index (χ4v) is 5.42. The van der Waals surface area contributed by atoms with Gasteiger partial charge in [0.2, 0.25) is 10.0 Å². The number of rotatable bonds is 9. The SMILES string of the molecule is CCN(CC)S(=O)(=O)c1ccc(OC(C)C(=O)NC2CCCC(C)C2C)c([N+](=O)[O-])c1. The molecule has 0 aromatic heterocycles. The lowest BCUT2D eigenvalue weighted by atomic mass is 9.78. The van der Waals surface area contributed by atoms with Crippen molar-refractivity contribution in [3.63, 3.8) is 0 Å². The maximum atomic E-state index is 12.7. The maximum absolute atomic E-state index is 12.7. The van der Waals surface area contributed by atoms with Crippen LogP contribution >= 0.6 is 0 Å². The second-order valence-corrected chi connectivity index (χ2v) is 10.1. The van der Waals surface area contributed by atoms with Crippen LogP contribution in [0.2, 0.25) is 0 Å². The minimum Gasteiger partial charge on any atom is -0.474 e. The molecule has 1 aromatic rings. The summed E-state index contributed by atoms with van der Waals surface area (Å²) >= 11 is 0. The van der Waals surface area contributed by atoms with Crippen LogP contribution in [0.25, 0.3) is 0 Å². The highest BCUT2D eigenvalue weighted by Gasteiger charge is 2.31. The van der Waals surface area contributed by atoms with Gasteiger partial charge in [0.05, 0.1) is 9.82 Å². The van der Waals surface area contributed by atoms with Crippen molar-refractivity contribution in [1.82, 2.24) is 9.62 Å². The van der Waals surface area contributed by atoms with E-state index in [2.05, 4.69) is 19.2 Å². The van der Waals surface area contributed by atoms with Crippen LogP contribution in [0.5, 0.6) is 5.75 Å². The van der Waals surface area contributed by atoms with E-state index in [1.54, 1.807) is 13.8 Å². The molecule has 1 aromatic carbocycles. The topological polar surface area (TPSA) is 119 Å². The van der Waals surface area contributed by atoms with Gasteiger partial charge in [0, 0.05) is 25.2 Å². The molecule has 9 nitrogen and oxygen atoms in total. The zero-order valence-electron chi connectivity index (χ0n) is 18.8. The van der Waals surface area contributed by atoms with Gasteiger partial charge in [-0.3, -0.25) is 14.9 Å². The predicted octanol–water partition coefficient (Wildman–Crippen LogP) is 3.33. The molecule has 2 rings (SSSR count). The molecule has 1 fully saturated rings. The van der Waals surface area contributed by atoms with Gasteiger partial charge < -0.3 is 10.1 Å². The third-order valence-electron chi connectivity index (χ3n) is 6.18. The van der Waals surface area contributed by atoms with Crippen molar-refractivity contribution >= 4 is 21.6 Å². The van der Waals surface area contributed by atoms with Crippen molar-refractivity contribution in [2.45, 2.75) is 70.9 Å². The highest BCUT2D eigenvalue weighted by atomic mass is 32.2. The number of carbonyl (C=O) groups is 1. The van der Waals surface area contributed by atoms with Gasteiger partial charge in [-0.2, -0.15) is 4.31 Å². The van der Waals surface area contributed by atoms with Crippen LogP contribution in [0.1, 0.15) is 53.9 Å². The van der Waals surface area contributed by atoms with Crippen molar-refractivity contribution in [2.75, 3.05) is 13.1 Å². The number of carbonyl (C=O) groups excluding carboxylic acids is 1. The third kappa shape index (κ3) is 5.74. The third-order valence-corrected chi connectivity index (χ3v) is 8.22. The molecule has 0 radical (unpaired) electrons. The van der Waals surface area contributed by atoms with Gasteiger partial charge in [-0.25, -0.2) is 8.42 Å². The molecule has 0 bridgehead atoms. The summed E-state index contributed by atoms with van der Waals surface area (Å²) in [5, 5.41) is 14.6. The minimum atomic E-state index is -3.86. The molecular formula is C21H33N3O6S. The molecule has 174 valence electrons. The Morgan fingerprint density at radius 2 is 1.94 bits per heavy atom. The molecule has 0 heterocycles. The Bertz CT molecular complexity index is 900. The quantitative estimate of drug-likeness (QED) is 0.451. The number of nitro groups is 1. The van der Waals surface area contributed by atoms with Gasteiger partial charge in [-0.05, 0) is 37.3 Å². The van der Waals surface area contributed by atoms with E-state index in [0.29, 0.717) is 11.8 Å². The Morgan fingerprint density at radius 3 is 2.52 bits per heavy atom. The van der Waals surface area contributed by atoms with E-state index in [1.165, 1.54) is 23.4 Å². The summed E-state index contributed by atoms with van der Waals surface area (Å²) in [5.41, 5.74) is -0.493. The molecule has 31 heavy (non-hydrogen) atoms. The molecule has 1 aliphatic rings. The molecular weight excluding hydrogens is 422 g/mol. The molecule has 1 amide bonds. The summed E-state index contributed by atoms with van der Waals surface area (Å²) < 4.78 is 32.2. The molecule has 0 spiro atoms. The summed E-state index contributed by atoms with van der Waals surface area (Å²) in [6, 6.07) is 3.53. The first-order chi connectivity index (χ1) is 14.5. The second-order valence-electron chi connectivity index (χ2n) is 8.12. The lowest BCUT2D eigenvalue weighted by Crippen LogP contribution is -2.48. The van der Waals surface area contributed by atoms with E-state index in [4.69, 9.17) is 4.74 Å². The fourth-order valence-electron chi connectivity index (χ4n) is 3.94. The predicted molar refractivity (Wildman–Crippen MR) is 117 cm³/mol. The average Bonchev–Trinajstić information content (AvgIpc) is 2.72. The van der Waals surface area contributed by atoms with Crippen LogP contribution in [-0.4, -0.2) is 48.8 Å². The standard InChI is InChI=1S/C21H33N3O6S/c1-6-23(7-2)31(28,29)17-11-12-20(19(13-17)24(26)27)30-16(5)21(25)22-18-10-8-9-14(3)15(18)4/h11-16,18H,6-10H2,1-5H3,(H,22,25). The number of amides is 1. The Kier molecular flexibility index (Phi) is 8.41. The molecule has 1 N–H and O–H groups in total. The maximum Gasteiger partial charge on any atom is 0.312 e. The summed E-state index contributed by atoms with van der Waals surface area (Å²) in [6.07, 6.45) is 2.10. The van der Waals surface area contributed by atoms with Crippen molar-refractivity contribution in [1.29, 1.82) is 0 Å². The van der Waals surface area contributed by atoms with E-state index in [1.807, 2.05) is 0 Å². The van der Waals surface area contributed by atoms with E-state index in [9.17, 15) is 23.3 Å². The molecule has 1 saturated carbocycles. The zero-order valence-corrected chi connectivity index (χ0v) is 19.6. The number of hydrogen-bond acceptors (Lipinski definition) is 6. The van der Waals surface area contributed by atoms with Crippen LogP contribution < -0.4 is 10.1 Å². The second kappa shape index (κ2) is 10.4. The highest BCUT2D eigenvalue weighted by molar-refractivity contribution is 7.89. The average molecular weight is 456 g/mol. The zero-order chi connectivity index (χ0) is 23.3. The smallest absolute Gasteiger partial charge is 0.312 e. The normalized spacial score (nSPS) is 22.7. The fraction of sp³-hybridized carbons (Fsp3) is 0.667. The van der Waals surface area contributed by atoms with E-state index >= 15 is 0 Å². The Labute approximate surface area is 184 Å². The summed E-state index contributed by atoms with van der Waals surface area (Å²) in [6.45, 7) is 9.69. The lowest BCUT2D eigenvalue weighted by molar-refractivity contribution is -0.386. The molecule has 0 saturated heterocycles. The van der Waals surface area contributed by atoms with Gasteiger partial charge in [-0.1, -0.05) is 40.5 Å². The molecule has 4 unspecified atom stereocenters. The molecule has 0 aliphatic heterocycles. The Hall–Kier alpha value is -2.20. The molecule has 10 heteroatoms. The van der Waals surface area contributed by atoms with E-state index < -0.39 is 26.7 Å². The summed E-state index contributed by atoms with van der Waals surface area (Å²) in [4.78, 5) is 23.3. The monoisotopic (exact) mass is 455 g/mol. The van der Waals surface area contributed by atoms with E-state index in [-0.39, 0.29) is 35.7 Å². The number of nitrogens with one attached hydrogen (secondary N) is 1. The number of hydrogen-bond donors (Lipinski definition) is 1. The van der Waals surface area contributed by atoms with Crippen LogP contribution in [-0.2, 0) is 14.8 Å². The first-order valence-electron chi connectivity index (χ1n) is 10.8.